The van der Waals surface area contributed by atoms with E-state index in [1.165, 1.54) is 12.8 Å². The third-order valence-electron chi connectivity index (χ3n) is 5.44. The fraction of sp³-hybridized carbons (Fsp3) is 0.895. The number of rotatable bonds is 7. The van der Waals surface area contributed by atoms with E-state index in [1.54, 1.807) is 0 Å². The SMILES string of the molecule is CCC(OC1CCCC(C)C1)C(=O)N1CCCC(C(=O)NCCN)C1.Cl. The molecule has 0 aromatic rings. The number of likely N-dealkylation sites (tertiary alicyclic amines) is 1. The Morgan fingerprint density at radius 3 is 2.69 bits per heavy atom. The maximum absolute atomic E-state index is 12.9. The van der Waals surface area contributed by atoms with Gasteiger partial charge < -0.3 is 20.7 Å². The molecule has 2 fully saturated rings. The van der Waals surface area contributed by atoms with Crippen molar-refractivity contribution < 1.29 is 14.3 Å². The van der Waals surface area contributed by atoms with Gasteiger partial charge in [0, 0.05) is 26.2 Å². The zero-order valence-corrected chi connectivity index (χ0v) is 17.1. The fourth-order valence-electron chi connectivity index (χ4n) is 4.00. The highest BCUT2D eigenvalue weighted by molar-refractivity contribution is 5.85. The highest BCUT2D eigenvalue weighted by Gasteiger charge is 2.33. The first-order valence-electron chi connectivity index (χ1n) is 9.97. The Morgan fingerprint density at radius 2 is 2.04 bits per heavy atom. The molecule has 0 bridgehead atoms. The summed E-state index contributed by atoms with van der Waals surface area (Å²) in [6.45, 7) is 6.41. The molecule has 1 aliphatic carbocycles. The summed E-state index contributed by atoms with van der Waals surface area (Å²) >= 11 is 0. The smallest absolute Gasteiger partial charge is 0.251 e. The predicted molar refractivity (Wildman–Crippen MR) is 105 cm³/mol. The summed E-state index contributed by atoms with van der Waals surface area (Å²) in [5.74, 6) is 0.614. The van der Waals surface area contributed by atoms with E-state index in [0.29, 0.717) is 32.0 Å². The van der Waals surface area contributed by atoms with Gasteiger partial charge in [0.15, 0.2) is 0 Å². The maximum atomic E-state index is 12.9. The number of halogens is 1. The van der Waals surface area contributed by atoms with Crippen LogP contribution in [0.5, 0.6) is 0 Å². The molecule has 7 heteroatoms. The van der Waals surface area contributed by atoms with Crippen LogP contribution in [0, 0.1) is 11.8 Å². The standard InChI is InChI=1S/C19H35N3O3.ClH/c1-3-17(25-16-8-4-6-14(2)12-16)19(24)22-11-5-7-15(13-22)18(23)21-10-9-20;/h14-17H,3-13,20H2,1-2H3,(H,21,23);1H. The molecule has 1 saturated heterocycles. The molecule has 1 saturated carbocycles. The second-order valence-electron chi connectivity index (χ2n) is 7.63. The molecule has 1 aliphatic heterocycles. The summed E-state index contributed by atoms with van der Waals surface area (Å²) in [6.07, 6.45) is 6.75. The van der Waals surface area contributed by atoms with Crippen LogP contribution in [0.3, 0.4) is 0 Å². The Labute approximate surface area is 164 Å². The van der Waals surface area contributed by atoms with Gasteiger partial charge in [-0.05, 0) is 38.0 Å². The number of amides is 2. The number of nitrogens with two attached hydrogens (primary N) is 1. The van der Waals surface area contributed by atoms with Gasteiger partial charge in [-0.2, -0.15) is 0 Å². The minimum absolute atomic E-state index is 0. The summed E-state index contributed by atoms with van der Waals surface area (Å²) in [5, 5.41) is 2.84. The largest absolute Gasteiger partial charge is 0.365 e. The molecule has 1 heterocycles. The van der Waals surface area contributed by atoms with Gasteiger partial charge in [-0.3, -0.25) is 9.59 Å². The molecule has 4 unspecified atom stereocenters. The van der Waals surface area contributed by atoms with Gasteiger partial charge in [-0.15, -0.1) is 12.4 Å². The third-order valence-corrected chi connectivity index (χ3v) is 5.44. The van der Waals surface area contributed by atoms with Crippen LogP contribution in [-0.2, 0) is 14.3 Å². The van der Waals surface area contributed by atoms with Gasteiger partial charge in [-0.1, -0.05) is 26.7 Å². The van der Waals surface area contributed by atoms with Gasteiger partial charge in [0.25, 0.3) is 5.91 Å². The number of nitrogens with zero attached hydrogens (tertiary/aromatic N) is 1. The van der Waals surface area contributed by atoms with Gasteiger partial charge in [0.1, 0.15) is 6.10 Å². The van der Waals surface area contributed by atoms with Gasteiger partial charge >= 0.3 is 0 Å². The van der Waals surface area contributed by atoms with Crippen molar-refractivity contribution >= 4 is 24.2 Å². The second-order valence-corrected chi connectivity index (χ2v) is 7.63. The highest BCUT2D eigenvalue weighted by atomic mass is 35.5. The molecular weight excluding hydrogens is 354 g/mol. The Balaban J connectivity index is 0.00000338. The van der Waals surface area contributed by atoms with Crippen molar-refractivity contribution in [1.29, 1.82) is 0 Å². The monoisotopic (exact) mass is 389 g/mol. The van der Waals surface area contributed by atoms with Crippen molar-refractivity contribution in [2.24, 2.45) is 17.6 Å². The van der Waals surface area contributed by atoms with E-state index in [1.807, 2.05) is 11.8 Å². The van der Waals surface area contributed by atoms with Crippen LogP contribution < -0.4 is 11.1 Å². The molecule has 2 aliphatic rings. The highest BCUT2D eigenvalue weighted by Crippen LogP contribution is 2.28. The number of carbonyl (C=O) groups excluding carboxylic acids is 2. The van der Waals surface area contributed by atoms with Crippen LogP contribution in [0.15, 0.2) is 0 Å². The summed E-state index contributed by atoms with van der Waals surface area (Å²) in [7, 11) is 0. The van der Waals surface area contributed by atoms with E-state index in [2.05, 4.69) is 12.2 Å². The van der Waals surface area contributed by atoms with E-state index in [-0.39, 0.29) is 42.3 Å². The van der Waals surface area contributed by atoms with E-state index in [4.69, 9.17) is 10.5 Å². The molecule has 26 heavy (non-hydrogen) atoms. The molecule has 6 nitrogen and oxygen atoms in total. The van der Waals surface area contributed by atoms with Crippen LogP contribution in [-0.4, -0.2) is 55.1 Å². The summed E-state index contributed by atoms with van der Waals surface area (Å²) in [6, 6.07) is 0. The summed E-state index contributed by atoms with van der Waals surface area (Å²) in [4.78, 5) is 26.9. The molecular formula is C19H36ClN3O3. The van der Waals surface area contributed by atoms with Crippen molar-refractivity contribution in [3.63, 3.8) is 0 Å². The molecule has 2 amide bonds. The first-order chi connectivity index (χ1) is 12.0. The quantitative estimate of drug-likeness (QED) is 0.698. The Hall–Kier alpha value is -0.850. The normalized spacial score (nSPS) is 27.3. The second kappa shape index (κ2) is 11.8. The third kappa shape index (κ3) is 6.71. The number of ether oxygens (including phenoxy) is 1. The van der Waals surface area contributed by atoms with Crippen molar-refractivity contribution in [2.75, 3.05) is 26.2 Å². The zero-order valence-electron chi connectivity index (χ0n) is 16.2. The van der Waals surface area contributed by atoms with Crippen molar-refractivity contribution in [3.8, 4) is 0 Å². The van der Waals surface area contributed by atoms with E-state index >= 15 is 0 Å². The summed E-state index contributed by atoms with van der Waals surface area (Å²) in [5.41, 5.74) is 5.44. The lowest BCUT2D eigenvalue weighted by Crippen LogP contribution is -2.50. The molecule has 4 atom stereocenters. The van der Waals surface area contributed by atoms with E-state index in [9.17, 15) is 9.59 Å². The molecule has 0 spiro atoms. The first-order valence-corrected chi connectivity index (χ1v) is 9.97. The van der Waals surface area contributed by atoms with Gasteiger partial charge in [0.2, 0.25) is 5.91 Å². The number of piperidine rings is 1. The predicted octanol–water partition coefficient (Wildman–Crippen LogP) is 2.10. The fourth-order valence-corrected chi connectivity index (χ4v) is 4.00. The van der Waals surface area contributed by atoms with Crippen molar-refractivity contribution in [3.05, 3.63) is 0 Å². The average molecular weight is 390 g/mol. The van der Waals surface area contributed by atoms with Crippen molar-refractivity contribution in [2.45, 2.75) is 71.0 Å². The number of nitrogens with one attached hydrogen (secondary N) is 1. The molecule has 2 rings (SSSR count). The number of carbonyl (C=O) groups is 2. The lowest BCUT2D eigenvalue weighted by molar-refractivity contribution is -0.152. The molecule has 0 aromatic carbocycles. The zero-order chi connectivity index (χ0) is 18.2. The van der Waals surface area contributed by atoms with Crippen LogP contribution in [0.4, 0.5) is 0 Å². The first kappa shape index (κ1) is 23.2. The van der Waals surface area contributed by atoms with E-state index < -0.39 is 0 Å². The summed E-state index contributed by atoms with van der Waals surface area (Å²) < 4.78 is 6.18. The Morgan fingerprint density at radius 1 is 1.27 bits per heavy atom. The van der Waals surface area contributed by atoms with Crippen LogP contribution in [0.25, 0.3) is 0 Å². The van der Waals surface area contributed by atoms with Crippen molar-refractivity contribution in [1.82, 2.24) is 10.2 Å². The minimum atomic E-state index is -0.374. The van der Waals surface area contributed by atoms with Gasteiger partial charge in [0.05, 0.1) is 12.0 Å². The van der Waals surface area contributed by atoms with E-state index in [0.717, 1.165) is 32.2 Å². The molecule has 0 aromatic heterocycles. The Kier molecular flexibility index (Phi) is 10.5. The van der Waals surface area contributed by atoms with Crippen LogP contribution in [0.2, 0.25) is 0 Å². The lowest BCUT2D eigenvalue weighted by atomic mass is 9.88. The lowest BCUT2D eigenvalue weighted by Gasteiger charge is -2.36. The number of hydrogen-bond acceptors (Lipinski definition) is 4. The minimum Gasteiger partial charge on any atom is -0.365 e. The Bertz CT molecular complexity index is 450. The average Bonchev–Trinajstić information content (AvgIpc) is 2.63. The van der Waals surface area contributed by atoms with Gasteiger partial charge in [-0.25, -0.2) is 0 Å². The molecule has 152 valence electrons. The topological polar surface area (TPSA) is 84.7 Å². The van der Waals surface area contributed by atoms with Crippen LogP contribution >= 0.6 is 12.4 Å². The molecule has 3 N–H and O–H groups in total. The number of hydrogen-bond donors (Lipinski definition) is 2. The molecule has 0 radical (unpaired) electrons. The maximum Gasteiger partial charge on any atom is 0.251 e. The van der Waals surface area contributed by atoms with Crippen LogP contribution in [0.1, 0.15) is 58.8 Å².